The second-order valence-corrected chi connectivity index (χ2v) is 6.20. The van der Waals surface area contributed by atoms with Gasteiger partial charge in [-0.1, -0.05) is 0 Å². The molecule has 0 bridgehead atoms. The molecule has 0 saturated carbocycles. The van der Waals surface area contributed by atoms with Gasteiger partial charge < -0.3 is 10.0 Å². The number of hydrogen-bond acceptors (Lipinski definition) is 4. The summed E-state index contributed by atoms with van der Waals surface area (Å²) in [5, 5.41) is 10.0. The quantitative estimate of drug-likeness (QED) is 0.775. The van der Waals surface area contributed by atoms with Gasteiger partial charge in [0, 0.05) is 37.8 Å². The van der Waals surface area contributed by atoms with E-state index in [-0.39, 0.29) is 5.91 Å². The standard InChI is InChI=1S/C12H22N2O2S/c1-13(10-4-6-17-9-10)7-11(15)8-14-5-2-3-12(14)16/h10-11,15H,2-9H2,1H3. The number of thioether (sulfide) groups is 1. The fraction of sp³-hybridized carbons (Fsp3) is 0.917. The summed E-state index contributed by atoms with van der Waals surface area (Å²) in [4.78, 5) is 15.5. The lowest BCUT2D eigenvalue weighted by Crippen LogP contribution is -2.43. The van der Waals surface area contributed by atoms with Crippen LogP contribution in [0, 0.1) is 0 Å². The van der Waals surface area contributed by atoms with Crippen LogP contribution in [0.5, 0.6) is 0 Å². The maximum atomic E-state index is 11.4. The van der Waals surface area contributed by atoms with Gasteiger partial charge in [-0.15, -0.1) is 0 Å². The molecule has 5 heteroatoms. The van der Waals surface area contributed by atoms with Gasteiger partial charge in [-0.3, -0.25) is 9.69 Å². The number of aliphatic hydroxyl groups is 1. The fourth-order valence-electron chi connectivity index (χ4n) is 2.56. The van der Waals surface area contributed by atoms with Crippen LogP contribution in [-0.4, -0.2) is 71.1 Å². The van der Waals surface area contributed by atoms with E-state index in [4.69, 9.17) is 0 Å². The van der Waals surface area contributed by atoms with Crippen molar-refractivity contribution in [3.8, 4) is 0 Å². The molecule has 0 aliphatic carbocycles. The molecule has 1 N–H and O–H groups in total. The van der Waals surface area contributed by atoms with Gasteiger partial charge in [0.1, 0.15) is 0 Å². The maximum absolute atomic E-state index is 11.4. The van der Waals surface area contributed by atoms with E-state index in [2.05, 4.69) is 11.9 Å². The Kier molecular flexibility index (Phi) is 4.70. The molecule has 0 aromatic heterocycles. The molecule has 2 aliphatic heterocycles. The lowest BCUT2D eigenvalue weighted by Gasteiger charge is -2.28. The lowest BCUT2D eigenvalue weighted by atomic mass is 10.2. The van der Waals surface area contributed by atoms with Crippen LogP contribution in [0.4, 0.5) is 0 Å². The number of likely N-dealkylation sites (tertiary alicyclic amines) is 1. The van der Waals surface area contributed by atoms with Gasteiger partial charge in [0.15, 0.2) is 0 Å². The molecule has 0 radical (unpaired) electrons. The summed E-state index contributed by atoms with van der Waals surface area (Å²) in [6, 6.07) is 0.601. The van der Waals surface area contributed by atoms with Crippen LogP contribution >= 0.6 is 11.8 Å². The second kappa shape index (κ2) is 6.07. The molecule has 4 nitrogen and oxygen atoms in total. The number of β-amino-alcohol motifs (C(OH)–C–C–N with tert-alkyl or cyclic N) is 1. The highest BCUT2D eigenvalue weighted by Gasteiger charge is 2.25. The highest BCUT2D eigenvalue weighted by molar-refractivity contribution is 7.99. The molecular weight excluding hydrogens is 236 g/mol. The van der Waals surface area contributed by atoms with Crippen molar-refractivity contribution in [1.82, 2.24) is 9.80 Å². The average molecular weight is 258 g/mol. The first-order chi connectivity index (χ1) is 8.16. The first-order valence-corrected chi connectivity index (χ1v) is 7.56. The maximum Gasteiger partial charge on any atom is 0.222 e. The zero-order valence-electron chi connectivity index (χ0n) is 10.5. The van der Waals surface area contributed by atoms with Crippen LogP contribution in [0.2, 0.25) is 0 Å². The number of nitrogens with zero attached hydrogens (tertiary/aromatic N) is 2. The number of carbonyl (C=O) groups is 1. The Morgan fingerprint density at radius 1 is 1.65 bits per heavy atom. The molecular formula is C12H22N2O2S. The number of hydrogen-bond donors (Lipinski definition) is 1. The minimum Gasteiger partial charge on any atom is -0.390 e. The van der Waals surface area contributed by atoms with Gasteiger partial charge in [-0.25, -0.2) is 0 Å². The van der Waals surface area contributed by atoms with E-state index >= 15 is 0 Å². The molecule has 17 heavy (non-hydrogen) atoms. The molecule has 2 atom stereocenters. The summed E-state index contributed by atoms with van der Waals surface area (Å²) in [5.74, 6) is 2.60. The molecule has 2 aliphatic rings. The van der Waals surface area contributed by atoms with Gasteiger partial charge in [-0.2, -0.15) is 11.8 Å². The largest absolute Gasteiger partial charge is 0.390 e. The Bertz CT molecular complexity index is 269. The monoisotopic (exact) mass is 258 g/mol. The smallest absolute Gasteiger partial charge is 0.222 e. The van der Waals surface area contributed by atoms with Crippen LogP contribution in [0.25, 0.3) is 0 Å². The van der Waals surface area contributed by atoms with E-state index in [1.54, 1.807) is 4.90 Å². The van der Waals surface area contributed by atoms with Gasteiger partial charge in [0.05, 0.1) is 6.10 Å². The minimum absolute atomic E-state index is 0.197. The second-order valence-electron chi connectivity index (χ2n) is 5.05. The Morgan fingerprint density at radius 2 is 2.47 bits per heavy atom. The Labute approximate surface area is 107 Å². The summed E-state index contributed by atoms with van der Waals surface area (Å²) in [7, 11) is 2.07. The van der Waals surface area contributed by atoms with E-state index < -0.39 is 6.10 Å². The predicted molar refractivity (Wildman–Crippen MR) is 70.2 cm³/mol. The Hall–Kier alpha value is -0.260. The molecule has 2 saturated heterocycles. The van der Waals surface area contributed by atoms with Gasteiger partial charge >= 0.3 is 0 Å². The van der Waals surface area contributed by atoms with Crippen molar-refractivity contribution in [2.24, 2.45) is 0 Å². The van der Waals surface area contributed by atoms with E-state index in [1.165, 1.54) is 17.9 Å². The zero-order chi connectivity index (χ0) is 12.3. The Morgan fingerprint density at radius 3 is 3.06 bits per heavy atom. The third-order valence-electron chi connectivity index (χ3n) is 3.63. The van der Waals surface area contributed by atoms with Crippen molar-refractivity contribution in [1.29, 1.82) is 0 Å². The van der Waals surface area contributed by atoms with Crippen molar-refractivity contribution in [2.75, 3.05) is 38.2 Å². The summed E-state index contributed by atoms with van der Waals surface area (Å²) < 4.78 is 0. The molecule has 2 rings (SSSR count). The topological polar surface area (TPSA) is 43.8 Å². The molecule has 2 fully saturated rings. The highest BCUT2D eigenvalue weighted by Crippen LogP contribution is 2.21. The predicted octanol–water partition coefficient (Wildman–Crippen LogP) is 0.407. The number of amides is 1. The first-order valence-electron chi connectivity index (χ1n) is 6.40. The van der Waals surface area contributed by atoms with Gasteiger partial charge in [0.25, 0.3) is 0 Å². The van der Waals surface area contributed by atoms with E-state index in [0.29, 0.717) is 25.6 Å². The third kappa shape index (κ3) is 3.60. The normalized spacial score (nSPS) is 27.1. The number of likely N-dealkylation sites (N-methyl/N-ethyl adjacent to an activating group) is 1. The summed E-state index contributed by atoms with van der Waals surface area (Å²) in [6.45, 7) is 2.00. The molecule has 1 amide bonds. The minimum atomic E-state index is -0.410. The van der Waals surface area contributed by atoms with E-state index in [9.17, 15) is 9.90 Å². The number of aliphatic hydroxyl groups excluding tert-OH is 1. The number of carbonyl (C=O) groups excluding carboxylic acids is 1. The molecule has 0 spiro atoms. The fourth-order valence-corrected chi connectivity index (χ4v) is 3.86. The molecule has 2 heterocycles. The zero-order valence-corrected chi connectivity index (χ0v) is 11.3. The average Bonchev–Trinajstić information content (AvgIpc) is 2.90. The van der Waals surface area contributed by atoms with Gasteiger partial charge in [0.2, 0.25) is 5.91 Å². The summed E-state index contributed by atoms with van der Waals surface area (Å²) in [6.07, 6.45) is 2.41. The van der Waals surface area contributed by atoms with Crippen molar-refractivity contribution >= 4 is 17.7 Å². The van der Waals surface area contributed by atoms with Crippen LogP contribution in [0.1, 0.15) is 19.3 Å². The van der Waals surface area contributed by atoms with Crippen LogP contribution in [0.3, 0.4) is 0 Å². The SMILES string of the molecule is CN(CC(O)CN1CCCC1=O)C1CCSC1. The van der Waals surface area contributed by atoms with Crippen LogP contribution in [-0.2, 0) is 4.79 Å². The van der Waals surface area contributed by atoms with E-state index in [1.807, 2.05) is 11.8 Å². The van der Waals surface area contributed by atoms with Crippen molar-refractivity contribution in [3.63, 3.8) is 0 Å². The molecule has 0 aromatic carbocycles. The lowest BCUT2D eigenvalue weighted by molar-refractivity contribution is -0.129. The van der Waals surface area contributed by atoms with Crippen molar-refractivity contribution < 1.29 is 9.90 Å². The Balaban J connectivity index is 1.72. The molecule has 2 unspecified atom stereocenters. The molecule has 0 aromatic rings. The van der Waals surface area contributed by atoms with Crippen LogP contribution < -0.4 is 0 Å². The van der Waals surface area contributed by atoms with Crippen molar-refractivity contribution in [2.45, 2.75) is 31.4 Å². The summed E-state index contributed by atoms with van der Waals surface area (Å²) in [5.41, 5.74) is 0. The van der Waals surface area contributed by atoms with E-state index in [0.717, 1.165) is 13.0 Å². The molecule has 98 valence electrons. The summed E-state index contributed by atoms with van der Waals surface area (Å²) >= 11 is 1.98. The van der Waals surface area contributed by atoms with Gasteiger partial charge in [-0.05, 0) is 25.6 Å². The van der Waals surface area contributed by atoms with Crippen LogP contribution in [0.15, 0.2) is 0 Å². The number of rotatable bonds is 5. The van der Waals surface area contributed by atoms with Crippen molar-refractivity contribution in [3.05, 3.63) is 0 Å². The highest BCUT2D eigenvalue weighted by atomic mass is 32.2. The first kappa shape index (κ1) is 13.2. The third-order valence-corrected chi connectivity index (χ3v) is 4.78.